The average Bonchev–Trinajstić information content (AvgIpc) is 2.41. The number of aliphatic carboxylic acids is 1. The molecule has 0 unspecified atom stereocenters. The Bertz CT molecular complexity index is 449. The molecule has 0 radical (unpaired) electrons. The number of carboxylic acid groups (broad SMARTS) is 1. The molecule has 7 heteroatoms. The molecule has 7 nitrogen and oxygen atoms in total. The quantitative estimate of drug-likeness (QED) is 0.530. The summed E-state index contributed by atoms with van der Waals surface area (Å²) in [4.78, 5) is 13.9. The second-order valence-corrected chi connectivity index (χ2v) is 4.62. The molecule has 0 aromatic carbocycles. The Morgan fingerprint density at radius 3 is 2.20 bits per heavy atom. The van der Waals surface area contributed by atoms with Crippen molar-refractivity contribution < 1.29 is 25.2 Å². The fourth-order valence-electron chi connectivity index (χ4n) is 1.28. The number of pyridine rings is 1. The summed E-state index contributed by atoms with van der Waals surface area (Å²) in [5, 5.41) is 35.3. The lowest BCUT2D eigenvalue weighted by Gasteiger charge is -2.07. The average molecular weight is 286 g/mol. The standard InChI is InChI=1S/C8H11NO3.C5H11NO2/c1-5-8(12)7(4-11)6(3-10)2-9-5;1-3(2)4(6)5(7)8/h2,10-12H,3-4H2,1H3;3-4H,6H2,1-2H3,(H,7,8)/t;4-/m.0/s1. The topological polar surface area (TPSA) is 137 Å². The first-order valence-electron chi connectivity index (χ1n) is 6.12. The lowest BCUT2D eigenvalue weighted by atomic mass is 10.1. The summed E-state index contributed by atoms with van der Waals surface area (Å²) in [6.45, 7) is 4.68. The molecule has 1 atom stereocenters. The van der Waals surface area contributed by atoms with Gasteiger partial charge in [0.2, 0.25) is 0 Å². The molecule has 6 N–H and O–H groups in total. The van der Waals surface area contributed by atoms with E-state index in [1.807, 2.05) is 0 Å². The molecule has 1 aromatic rings. The highest BCUT2D eigenvalue weighted by Gasteiger charge is 2.14. The maximum Gasteiger partial charge on any atom is 0.320 e. The number of hydrogen-bond acceptors (Lipinski definition) is 6. The molecule has 0 saturated carbocycles. The van der Waals surface area contributed by atoms with Gasteiger partial charge in [0.1, 0.15) is 11.8 Å². The van der Waals surface area contributed by atoms with Crippen molar-refractivity contribution in [2.24, 2.45) is 11.7 Å². The third-order valence-electron chi connectivity index (χ3n) is 2.76. The van der Waals surface area contributed by atoms with E-state index in [9.17, 15) is 9.90 Å². The van der Waals surface area contributed by atoms with Crippen molar-refractivity contribution in [1.82, 2.24) is 4.98 Å². The van der Waals surface area contributed by atoms with Crippen LogP contribution >= 0.6 is 0 Å². The van der Waals surface area contributed by atoms with Gasteiger partial charge in [0.05, 0.1) is 18.9 Å². The Balaban J connectivity index is 0.000000396. The van der Waals surface area contributed by atoms with Gasteiger partial charge in [-0.2, -0.15) is 0 Å². The molecule has 0 amide bonds. The number of aryl methyl sites for hydroxylation is 1. The fourth-order valence-corrected chi connectivity index (χ4v) is 1.28. The molecule has 1 aromatic heterocycles. The smallest absolute Gasteiger partial charge is 0.320 e. The van der Waals surface area contributed by atoms with Crippen LogP contribution in [-0.2, 0) is 18.0 Å². The van der Waals surface area contributed by atoms with Gasteiger partial charge in [-0.1, -0.05) is 13.8 Å². The predicted octanol–water partition coefficient (Wildman–Crippen LogP) is 0.135. The zero-order chi connectivity index (χ0) is 15.9. The van der Waals surface area contributed by atoms with Gasteiger partial charge in [0.25, 0.3) is 0 Å². The highest BCUT2D eigenvalue weighted by molar-refractivity contribution is 5.73. The predicted molar refractivity (Wildman–Crippen MR) is 72.9 cm³/mol. The van der Waals surface area contributed by atoms with Gasteiger partial charge >= 0.3 is 5.97 Å². The first-order valence-corrected chi connectivity index (χ1v) is 6.12. The Hall–Kier alpha value is -1.70. The van der Waals surface area contributed by atoms with E-state index in [1.165, 1.54) is 6.20 Å². The minimum absolute atomic E-state index is 0.0208. The van der Waals surface area contributed by atoms with Crippen LogP contribution in [-0.4, -0.2) is 37.4 Å². The molecule has 0 fully saturated rings. The summed E-state index contributed by atoms with van der Waals surface area (Å²) >= 11 is 0. The Morgan fingerprint density at radius 1 is 1.35 bits per heavy atom. The van der Waals surface area contributed by atoms with Crippen LogP contribution < -0.4 is 5.73 Å². The summed E-state index contributed by atoms with van der Waals surface area (Å²) in [6, 6.07) is -0.713. The normalized spacial score (nSPS) is 11.8. The van der Waals surface area contributed by atoms with Crippen molar-refractivity contribution in [3.8, 4) is 5.75 Å². The molecule has 0 bridgehead atoms. The summed E-state index contributed by atoms with van der Waals surface area (Å²) in [7, 11) is 0. The van der Waals surface area contributed by atoms with Gasteiger partial charge in [-0.05, 0) is 12.8 Å². The molecule has 114 valence electrons. The third kappa shape index (κ3) is 5.12. The maximum atomic E-state index is 10.0. The van der Waals surface area contributed by atoms with E-state index >= 15 is 0 Å². The number of carbonyl (C=O) groups is 1. The fraction of sp³-hybridized carbons (Fsp3) is 0.538. The number of aromatic nitrogens is 1. The second kappa shape index (κ2) is 8.47. The van der Waals surface area contributed by atoms with Crippen molar-refractivity contribution in [2.75, 3.05) is 0 Å². The van der Waals surface area contributed by atoms with E-state index in [2.05, 4.69) is 4.98 Å². The van der Waals surface area contributed by atoms with Gasteiger partial charge in [-0.15, -0.1) is 0 Å². The second-order valence-electron chi connectivity index (χ2n) is 4.62. The molecule has 1 rings (SSSR count). The van der Waals surface area contributed by atoms with E-state index in [0.29, 0.717) is 16.8 Å². The van der Waals surface area contributed by atoms with Gasteiger partial charge in [0.15, 0.2) is 0 Å². The van der Waals surface area contributed by atoms with Crippen LogP contribution in [0.2, 0.25) is 0 Å². The van der Waals surface area contributed by atoms with E-state index < -0.39 is 12.0 Å². The third-order valence-corrected chi connectivity index (χ3v) is 2.76. The molecule has 0 aliphatic rings. The van der Waals surface area contributed by atoms with Crippen molar-refractivity contribution in [1.29, 1.82) is 0 Å². The largest absolute Gasteiger partial charge is 0.506 e. The lowest BCUT2D eigenvalue weighted by Crippen LogP contribution is -2.34. The zero-order valence-corrected chi connectivity index (χ0v) is 11.9. The summed E-state index contributed by atoms with van der Waals surface area (Å²) in [5.74, 6) is -0.948. The van der Waals surface area contributed by atoms with E-state index in [4.69, 9.17) is 21.1 Å². The van der Waals surface area contributed by atoms with E-state index in [0.717, 1.165) is 0 Å². The van der Waals surface area contributed by atoms with Crippen molar-refractivity contribution in [2.45, 2.75) is 40.0 Å². The lowest BCUT2D eigenvalue weighted by molar-refractivity contribution is -0.139. The number of aliphatic hydroxyl groups excluding tert-OH is 2. The Kier molecular flexibility index (Phi) is 7.75. The van der Waals surface area contributed by atoms with Crippen LogP contribution in [0.15, 0.2) is 6.20 Å². The molecule has 0 aliphatic carbocycles. The Labute approximate surface area is 117 Å². The molecule has 0 spiro atoms. The molecule has 0 saturated heterocycles. The van der Waals surface area contributed by atoms with E-state index in [-0.39, 0.29) is 24.9 Å². The first-order chi connectivity index (χ1) is 9.26. The van der Waals surface area contributed by atoms with Gasteiger partial charge in [-0.3, -0.25) is 9.78 Å². The first kappa shape index (κ1) is 18.3. The number of nitrogens with zero attached hydrogens (tertiary/aromatic N) is 1. The molecular formula is C13H22N2O5. The molecule has 20 heavy (non-hydrogen) atoms. The number of rotatable bonds is 4. The summed E-state index contributed by atoms with van der Waals surface area (Å²) in [6.07, 6.45) is 1.45. The number of carboxylic acids is 1. The Morgan fingerprint density at radius 2 is 1.90 bits per heavy atom. The molecule has 1 heterocycles. The molecular weight excluding hydrogens is 264 g/mol. The highest BCUT2D eigenvalue weighted by Crippen LogP contribution is 2.23. The summed E-state index contributed by atoms with van der Waals surface area (Å²) in [5.41, 5.74) is 6.43. The maximum absolute atomic E-state index is 10.0. The van der Waals surface area contributed by atoms with Gasteiger partial charge in [0, 0.05) is 17.3 Å². The van der Waals surface area contributed by atoms with Crippen molar-refractivity contribution in [3.05, 3.63) is 23.0 Å². The van der Waals surface area contributed by atoms with Crippen LogP contribution in [0.4, 0.5) is 0 Å². The van der Waals surface area contributed by atoms with E-state index in [1.54, 1.807) is 20.8 Å². The number of aromatic hydroxyl groups is 1. The van der Waals surface area contributed by atoms with Crippen LogP contribution in [0.1, 0.15) is 30.7 Å². The van der Waals surface area contributed by atoms with Crippen LogP contribution in [0, 0.1) is 12.8 Å². The van der Waals surface area contributed by atoms with Crippen LogP contribution in [0.5, 0.6) is 5.75 Å². The minimum atomic E-state index is -0.931. The minimum Gasteiger partial charge on any atom is -0.506 e. The number of nitrogens with two attached hydrogens (primary N) is 1. The van der Waals surface area contributed by atoms with Crippen LogP contribution in [0.25, 0.3) is 0 Å². The van der Waals surface area contributed by atoms with Crippen LogP contribution in [0.3, 0.4) is 0 Å². The number of hydrogen-bond donors (Lipinski definition) is 5. The molecule has 0 aliphatic heterocycles. The monoisotopic (exact) mass is 286 g/mol. The zero-order valence-electron chi connectivity index (χ0n) is 11.9. The highest BCUT2D eigenvalue weighted by atomic mass is 16.4. The SMILES string of the molecule is CC(C)[C@H](N)C(=O)O.Cc1ncc(CO)c(CO)c1O. The number of aliphatic hydroxyl groups is 2. The van der Waals surface area contributed by atoms with Crippen molar-refractivity contribution >= 4 is 5.97 Å². The van der Waals surface area contributed by atoms with Gasteiger partial charge < -0.3 is 26.2 Å². The summed E-state index contributed by atoms with van der Waals surface area (Å²) < 4.78 is 0. The van der Waals surface area contributed by atoms with Crippen molar-refractivity contribution in [3.63, 3.8) is 0 Å². The van der Waals surface area contributed by atoms with Gasteiger partial charge in [-0.25, -0.2) is 0 Å².